The molecule has 0 atom stereocenters. The van der Waals surface area contributed by atoms with Crippen LogP contribution in [0.1, 0.15) is 52.7 Å². The summed E-state index contributed by atoms with van der Waals surface area (Å²) in [5, 5.41) is 3.92. The number of hydrogen-bond donors (Lipinski definition) is 1. The van der Waals surface area contributed by atoms with Crippen LogP contribution in [0.25, 0.3) is 11.3 Å². The number of aromatic nitrogens is 2. The van der Waals surface area contributed by atoms with Gasteiger partial charge in [-0.2, -0.15) is 0 Å². The van der Waals surface area contributed by atoms with Crippen molar-refractivity contribution in [2.45, 2.75) is 57.3 Å². The van der Waals surface area contributed by atoms with Gasteiger partial charge >= 0.3 is 0 Å². The van der Waals surface area contributed by atoms with Gasteiger partial charge in [0.2, 0.25) is 11.9 Å². The lowest BCUT2D eigenvalue weighted by Crippen LogP contribution is -2.42. The van der Waals surface area contributed by atoms with E-state index in [9.17, 15) is 9.59 Å². The lowest BCUT2D eigenvalue weighted by Gasteiger charge is -2.33. The van der Waals surface area contributed by atoms with Crippen LogP contribution in [-0.4, -0.2) is 75.8 Å². The molecule has 40 heavy (non-hydrogen) atoms. The number of anilines is 1. The number of halogens is 1. The second kappa shape index (κ2) is 11.2. The van der Waals surface area contributed by atoms with Gasteiger partial charge in [-0.3, -0.25) is 9.59 Å². The van der Waals surface area contributed by atoms with Gasteiger partial charge in [-0.05, 0) is 69.0 Å². The Kier molecular flexibility index (Phi) is 7.47. The van der Waals surface area contributed by atoms with Crippen LogP contribution in [0.5, 0.6) is 0 Å². The van der Waals surface area contributed by atoms with Crippen LogP contribution in [0.15, 0.2) is 48.7 Å². The smallest absolute Gasteiger partial charge is 0.254 e. The Balaban J connectivity index is 1.13. The summed E-state index contributed by atoms with van der Waals surface area (Å²) in [7, 11) is 4.28. The Morgan fingerprint density at radius 3 is 2.60 bits per heavy atom. The summed E-state index contributed by atoms with van der Waals surface area (Å²) >= 11 is 6.53. The van der Waals surface area contributed by atoms with E-state index in [2.05, 4.69) is 41.4 Å². The fourth-order valence-corrected chi connectivity index (χ4v) is 6.37. The van der Waals surface area contributed by atoms with E-state index in [0.717, 1.165) is 43.2 Å². The highest BCUT2D eigenvalue weighted by atomic mass is 35.5. The maximum atomic E-state index is 13.4. The molecule has 8 nitrogen and oxygen atoms in total. The van der Waals surface area contributed by atoms with Crippen LogP contribution in [0, 0.1) is 0 Å². The molecule has 3 heterocycles. The van der Waals surface area contributed by atoms with E-state index in [1.165, 1.54) is 11.1 Å². The largest absolute Gasteiger partial charge is 0.351 e. The molecule has 0 saturated heterocycles. The SMILES string of the molecule is CN(C)C1CCC(Nc2ncc(Cl)c(-c3ccc4c(c3)C(=O)N(CC(=O)N3CCc5ccccc5C3)C4)n2)CC1. The van der Waals surface area contributed by atoms with Gasteiger partial charge in [0, 0.05) is 42.8 Å². The minimum atomic E-state index is -0.135. The molecule has 1 saturated carbocycles. The first-order valence-corrected chi connectivity index (χ1v) is 14.5. The van der Waals surface area contributed by atoms with Crippen LogP contribution in [-0.2, 0) is 24.3 Å². The first-order valence-electron chi connectivity index (χ1n) is 14.1. The molecule has 1 aliphatic carbocycles. The average molecular weight is 559 g/mol. The first kappa shape index (κ1) is 26.7. The first-order chi connectivity index (χ1) is 19.4. The second-order valence-corrected chi connectivity index (χ2v) is 11.8. The number of carbonyl (C=O) groups excluding carboxylic acids is 2. The van der Waals surface area contributed by atoms with E-state index < -0.39 is 0 Å². The van der Waals surface area contributed by atoms with Gasteiger partial charge in [-0.15, -0.1) is 0 Å². The predicted molar refractivity (Wildman–Crippen MR) is 156 cm³/mol. The van der Waals surface area contributed by atoms with Crippen molar-refractivity contribution in [3.8, 4) is 11.3 Å². The summed E-state index contributed by atoms with van der Waals surface area (Å²) in [5.41, 5.74) is 5.34. The molecule has 2 aliphatic heterocycles. The van der Waals surface area contributed by atoms with Crippen LogP contribution >= 0.6 is 11.6 Å². The van der Waals surface area contributed by atoms with Gasteiger partial charge in [-0.25, -0.2) is 9.97 Å². The van der Waals surface area contributed by atoms with E-state index in [-0.39, 0.29) is 18.4 Å². The minimum Gasteiger partial charge on any atom is -0.351 e. The molecule has 1 aromatic heterocycles. The van der Waals surface area contributed by atoms with Crippen LogP contribution in [0.4, 0.5) is 5.95 Å². The zero-order chi connectivity index (χ0) is 27.8. The summed E-state index contributed by atoms with van der Waals surface area (Å²) < 4.78 is 0. The summed E-state index contributed by atoms with van der Waals surface area (Å²) in [6.07, 6.45) is 6.87. The van der Waals surface area contributed by atoms with Gasteiger partial charge in [0.25, 0.3) is 5.91 Å². The van der Waals surface area contributed by atoms with Crippen LogP contribution in [0.3, 0.4) is 0 Å². The summed E-state index contributed by atoms with van der Waals surface area (Å²) in [4.78, 5) is 41.4. The topological polar surface area (TPSA) is 81.7 Å². The molecule has 9 heteroatoms. The Hall–Kier alpha value is -3.49. The van der Waals surface area contributed by atoms with Gasteiger partial charge in [0.05, 0.1) is 16.9 Å². The van der Waals surface area contributed by atoms with Crippen molar-refractivity contribution < 1.29 is 9.59 Å². The molecule has 3 aliphatic rings. The van der Waals surface area contributed by atoms with E-state index in [1.54, 1.807) is 11.1 Å². The molecule has 0 unspecified atom stereocenters. The number of nitrogens with one attached hydrogen (secondary N) is 1. The average Bonchev–Trinajstić information content (AvgIpc) is 3.28. The molecule has 2 amide bonds. The maximum absolute atomic E-state index is 13.4. The number of rotatable bonds is 6. The summed E-state index contributed by atoms with van der Waals surface area (Å²) in [5.74, 6) is 0.392. The van der Waals surface area contributed by atoms with Gasteiger partial charge in [0.1, 0.15) is 6.54 Å². The van der Waals surface area contributed by atoms with Gasteiger partial charge in [0.15, 0.2) is 0 Å². The zero-order valence-corrected chi connectivity index (χ0v) is 23.8. The van der Waals surface area contributed by atoms with Crippen molar-refractivity contribution >= 4 is 29.4 Å². The predicted octanol–water partition coefficient (Wildman–Crippen LogP) is 4.62. The summed E-state index contributed by atoms with van der Waals surface area (Å²) in [6, 6.07) is 14.9. The Labute approximate surface area is 240 Å². The molecule has 1 N–H and O–H groups in total. The molecular weight excluding hydrogens is 524 g/mol. The number of hydrogen-bond acceptors (Lipinski definition) is 6. The van der Waals surface area contributed by atoms with Crippen LogP contribution in [0.2, 0.25) is 5.02 Å². The molecule has 0 radical (unpaired) electrons. The van der Waals surface area contributed by atoms with Crippen molar-refractivity contribution in [3.05, 3.63) is 75.9 Å². The van der Waals surface area contributed by atoms with Crippen molar-refractivity contribution in [1.82, 2.24) is 24.7 Å². The lowest BCUT2D eigenvalue weighted by molar-refractivity contribution is -0.132. The Bertz CT molecular complexity index is 1440. The molecular formula is C31H35ClN6O2. The number of carbonyl (C=O) groups is 2. The van der Waals surface area contributed by atoms with E-state index in [4.69, 9.17) is 16.6 Å². The van der Waals surface area contributed by atoms with Crippen molar-refractivity contribution in [2.24, 2.45) is 0 Å². The highest BCUT2D eigenvalue weighted by Gasteiger charge is 2.31. The van der Waals surface area contributed by atoms with E-state index in [0.29, 0.717) is 53.9 Å². The van der Waals surface area contributed by atoms with Crippen molar-refractivity contribution in [3.63, 3.8) is 0 Å². The minimum absolute atomic E-state index is 0.0231. The van der Waals surface area contributed by atoms with Crippen molar-refractivity contribution in [2.75, 3.05) is 32.5 Å². The van der Waals surface area contributed by atoms with Gasteiger partial charge < -0.3 is 20.0 Å². The molecule has 6 rings (SSSR count). The molecule has 0 spiro atoms. The molecule has 2 aromatic carbocycles. The zero-order valence-electron chi connectivity index (χ0n) is 23.1. The standard InChI is InChI=1S/C31H35ClN6O2/c1-36(2)25-11-9-24(10-12-25)34-31-33-16-27(32)29(35-31)21-7-8-23-18-38(30(40)26(23)15-21)19-28(39)37-14-13-20-5-3-4-6-22(20)17-37/h3-8,15-16,24-25H,9-14,17-19H2,1-2H3,(H,33,34,35). The quantitative estimate of drug-likeness (QED) is 0.475. The third kappa shape index (κ3) is 5.43. The fraction of sp³-hybridized carbons (Fsp3) is 0.419. The molecule has 0 bridgehead atoms. The second-order valence-electron chi connectivity index (χ2n) is 11.4. The number of benzene rings is 2. The molecule has 3 aromatic rings. The summed E-state index contributed by atoms with van der Waals surface area (Å²) in [6.45, 7) is 1.76. The third-order valence-corrected chi connectivity index (χ3v) is 8.85. The highest BCUT2D eigenvalue weighted by molar-refractivity contribution is 6.33. The Morgan fingerprint density at radius 1 is 1.05 bits per heavy atom. The fourth-order valence-electron chi connectivity index (χ4n) is 6.17. The normalized spacial score (nSPS) is 20.4. The highest BCUT2D eigenvalue weighted by Crippen LogP contribution is 2.32. The number of nitrogens with zero attached hydrogens (tertiary/aromatic N) is 5. The monoisotopic (exact) mass is 558 g/mol. The van der Waals surface area contributed by atoms with E-state index >= 15 is 0 Å². The maximum Gasteiger partial charge on any atom is 0.254 e. The van der Waals surface area contributed by atoms with Crippen molar-refractivity contribution in [1.29, 1.82) is 0 Å². The van der Waals surface area contributed by atoms with E-state index in [1.807, 2.05) is 35.2 Å². The van der Waals surface area contributed by atoms with Gasteiger partial charge in [-0.1, -0.05) is 48.0 Å². The number of amides is 2. The lowest BCUT2D eigenvalue weighted by atomic mass is 9.90. The van der Waals surface area contributed by atoms with Crippen LogP contribution < -0.4 is 5.32 Å². The molecule has 208 valence electrons. The number of fused-ring (bicyclic) bond motifs is 2. The third-order valence-electron chi connectivity index (χ3n) is 8.58. The molecule has 1 fully saturated rings. The Morgan fingerprint density at radius 2 is 1.82 bits per heavy atom.